The molecule has 0 radical (unpaired) electrons. The maximum absolute atomic E-state index is 12.7. The van der Waals surface area contributed by atoms with Gasteiger partial charge in [-0.05, 0) is 53.9 Å². The van der Waals surface area contributed by atoms with Crippen LogP contribution in [-0.2, 0) is 16.1 Å². The molecule has 1 aliphatic rings. The molecular formula is C22H26F3N3O3. The number of carbonyl (C=O) groups is 2. The summed E-state index contributed by atoms with van der Waals surface area (Å²) in [6, 6.07) is 11.0. The van der Waals surface area contributed by atoms with E-state index in [-0.39, 0.29) is 12.5 Å². The average molecular weight is 437 g/mol. The van der Waals surface area contributed by atoms with Crippen LogP contribution in [0, 0.1) is 0 Å². The van der Waals surface area contributed by atoms with E-state index in [4.69, 9.17) is 4.74 Å². The van der Waals surface area contributed by atoms with E-state index in [9.17, 15) is 22.8 Å². The first-order valence-electron chi connectivity index (χ1n) is 10.1. The Labute approximate surface area is 178 Å². The average Bonchev–Trinajstić information content (AvgIpc) is 3.19. The topological polar surface area (TPSA) is 61.9 Å². The van der Waals surface area contributed by atoms with E-state index < -0.39 is 24.7 Å². The lowest BCUT2D eigenvalue weighted by molar-refractivity contribution is -0.142. The van der Waals surface area contributed by atoms with Crippen molar-refractivity contribution in [3.8, 4) is 5.75 Å². The lowest BCUT2D eigenvalue weighted by Gasteiger charge is -2.26. The van der Waals surface area contributed by atoms with E-state index in [1.165, 1.54) is 0 Å². The Kier molecular flexibility index (Phi) is 7.04. The Balaban J connectivity index is 1.58. The van der Waals surface area contributed by atoms with Crippen molar-refractivity contribution in [2.24, 2.45) is 0 Å². The van der Waals surface area contributed by atoms with Gasteiger partial charge in [0.15, 0.2) is 0 Å². The number of fused-ring (bicyclic) bond motifs is 1. The number of likely N-dealkylation sites (N-methyl/N-ethyl adjacent to an activating group) is 1. The molecule has 6 nitrogen and oxygen atoms in total. The number of methoxy groups -OCH3 is 1. The van der Waals surface area contributed by atoms with Gasteiger partial charge in [-0.1, -0.05) is 18.2 Å². The van der Waals surface area contributed by atoms with Crippen LogP contribution in [0.2, 0.25) is 0 Å². The van der Waals surface area contributed by atoms with Crippen LogP contribution in [0.25, 0.3) is 10.8 Å². The second-order valence-electron chi connectivity index (χ2n) is 7.76. The van der Waals surface area contributed by atoms with Gasteiger partial charge in [-0.25, -0.2) is 0 Å². The van der Waals surface area contributed by atoms with Gasteiger partial charge in [0.25, 0.3) is 0 Å². The first-order chi connectivity index (χ1) is 14.7. The SMILES string of the molecule is COc1ccc2cc(CN(C)C(=O)CN3CCCC3C(=O)NCC(F)(F)F)ccc2c1. The highest BCUT2D eigenvalue weighted by Gasteiger charge is 2.35. The van der Waals surface area contributed by atoms with Crippen molar-refractivity contribution in [1.82, 2.24) is 15.1 Å². The van der Waals surface area contributed by atoms with Crippen molar-refractivity contribution in [3.63, 3.8) is 0 Å². The zero-order valence-corrected chi connectivity index (χ0v) is 17.5. The first kappa shape index (κ1) is 22.9. The van der Waals surface area contributed by atoms with Crippen LogP contribution in [0.15, 0.2) is 36.4 Å². The predicted molar refractivity (Wildman–Crippen MR) is 111 cm³/mol. The summed E-state index contributed by atoms with van der Waals surface area (Å²) < 4.78 is 42.3. The molecule has 31 heavy (non-hydrogen) atoms. The van der Waals surface area contributed by atoms with Gasteiger partial charge in [-0.2, -0.15) is 13.2 Å². The van der Waals surface area contributed by atoms with Gasteiger partial charge in [-0.3, -0.25) is 14.5 Å². The smallest absolute Gasteiger partial charge is 0.405 e. The number of benzene rings is 2. The zero-order chi connectivity index (χ0) is 22.6. The molecule has 1 fully saturated rings. The maximum Gasteiger partial charge on any atom is 0.405 e. The van der Waals surface area contributed by atoms with Crippen LogP contribution in [-0.4, -0.2) is 67.6 Å². The second kappa shape index (κ2) is 9.55. The van der Waals surface area contributed by atoms with Gasteiger partial charge < -0.3 is 15.0 Å². The predicted octanol–water partition coefficient (Wildman–Crippen LogP) is 2.95. The highest BCUT2D eigenvalue weighted by atomic mass is 19.4. The number of rotatable bonds is 7. The van der Waals surface area contributed by atoms with E-state index in [0.717, 1.165) is 22.1 Å². The van der Waals surface area contributed by atoms with Crippen LogP contribution in [0.4, 0.5) is 13.2 Å². The van der Waals surface area contributed by atoms with Crippen LogP contribution in [0.3, 0.4) is 0 Å². The molecule has 0 aromatic heterocycles. The minimum absolute atomic E-state index is 0.00855. The summed E-state index contributed by atoms with van der Waals surface area (Å²) in [6.07, 6.45) is -3.36. The Morgan fingerprint density at radius 1 is 1.19 bits per heavy atom. The summed E-state index contributed by atoms with van der Waals surface area (Å²) in [5.74, 6) is -0.104. The molecule has 1 atom stereocenters. The molecule has 1 heterocycles. The summed E-state index contributed by atoms with van der Waals surface area (Å²) in [4.78, 5) is 28.0. The van der Waals surface area contributed by atoms with Crippen LogP contribution < -0.4 is 10.1 Å². The van der Waals surface area contributed by atoms with E-state index in [2.05, 4.69) is 0 Å². The van der Waals surface area contributed by atoms with Gasteiger partial charge >= 0.3 is 6.18 Å². The number of ether oxygens (including phenoxy) is 1. The third kappa shape index (κ3) is 6.10. The minimum Gasteiger partial charge on any atom is -0.497 e. The molecule has 0 saturated carbocycles. The number of alkyl halides is 3. The van der Waals surface area contributed by atoms with E-state index >= 15 is 0 Å². The summed E-state index contributed by atoms with van der Waals surface area (Å²) in [6.45, 7) is -0.482. The summed E-state index contributed by atoms with van der Waals surface area (Å²) in [7, 11) is 3.29. The van der Waals surface area contributed by atoms with E-state index in [1.807, 2.05) is 41.7 Å². The lowest BCUT2D eigenvalue weighted by Crippen LogP contribution is -2.48. The standard InChI is InChI=1S/C22H26F3N3O3/c1-27(12-15-5-6-17-11-18(31-2)8-7-16(17)10-15)20(29)13-28-9-3-4-19(28)21(30)26-14-22(23,24)25/h5-8,10-11,19H,3-4,9,12-14H2,1-2H3,(H,26,30). The molecule has 1 N–H and O–H groups in total. The van der Waals surface area contributed by atoms with Crippen molar-refractivity contribution >= 4 is 22.6 Å². The van der Waals surface area contributed by atoms with Crippen molar-refractivity contribution in [2.75, 3.05) is 33.8 Å². The summed E-state index contributed by atoms with van der Waals surface area (Å²) in [5, 5.41) is 3.98. The third-order valence-corrected chi connectivity index (χ3v) is 5.43. The van der Waals surface area contributed by atoms with Gasteiger partial charge in [-0.15, -0.1) is 0 Å². The van der Waals surface area contributed by atoms with Gasteiger partial charge in [0.1, 0.15) is 12.3 Å². The fraction of sp³-hybridized carbons (Fsp3) is 0.455. The number of halogens is 3. The lowest BCUT2D eigenvalue weighted by atomic mass is 10.1. The quantitative estimate of drug-likeness (QED) is 0.724. The Morgan fingerprint density at radius 2 is 1.90 bits per heavy atom. The molecule has 2 aromatic carbocycles. The largest absolute Gasteiger partial charge is 0.497 e. The monoisotopic (exact) mass is 437 g/mol. The number of likely N-dealkylation sites (tertiary alicyclic amines) is 1. The number of nitrogens with one attached hydrogen (secondary N) is 1. The number of nitrogens with zero attached hydrogens (tertiary/aromatic N) is 2. The van der Waals surface area contributed by atoms with Crippen LogP contribution >= 0.6 is 0 Å². The fourth-order valence-corrected chi connectivity index (χ4v) is 3.77. The molecular weight excluding hydrogens is 411 g/mol. The number of carbonyl (C=O) groups excluding carboxylic acids is 2. The third-order valence-electron chi connectivity index (χ3n) is 5.43. The van der Waals surface area contributed by atoms with Gasteiger partial charge in [0.2, 0.25) is 11.8 Å². The summed E-state index contributed by atoms with van der Waals surface area (Å²) in [5.41, 5.74) is 0.953. The van der Waals surface area contributed by atoms with E-state index in [0.29, 0.717) is 25.9 Å². The molecule has 3 rings (SSSR count). The maximum atomic E-state index is 12.7. The first-order valence-corrected chi connectivity index (χ1v) is 10.1. The summed E-state index contributed by atoms with van der Waals surface area (Å²) >= 11 is 0. The van der Waals surface area contributed by atoms with Crippen molar-refractivity contribution in [3.05, 3.63) is 42.0 Å². The highest BCUT2D eigenvalue weighted by Crippen LogP contribution is 2.23. The molecule has 1 aliphatic heterocycles. The Hall–Kier alpha value is -2.81. The normalized spacial score (nSPS) is 17.0. The molecule has 9 heteroatoms. The van der Waals surface area contributed by atoms with Crippen molar-refractivity contribution in [1.29, 1.82) is 0 Å². The number of hydrogen-bond acceptors (Lipinski definition) is 4. The molecule has 0 spiro atoms. The minimum atomic E-state index is -4.46. The molecule has 2 aromatic rings. The molecule has 1 saturated heterocycles. The van der Waals surface area contributed by atoms with Crippen molar-refractivity contribution in [2.45, 2.75) is 31.6 Å². The van der Waals surface area contributed by atoms with Crippen molar-refractivity contribution < 1.29 is 27.5 Å². The molecule has 0 bridgehead atoms. The zero-order valence-electron chi connectivity index (χ0n) is 17.5. The molecule has 1 unspecified atom stereocenters. The highest BCUT2D eigenvalue weighted by molar-refractivity contribution is 5.85. The fourth-order valence-electron chi connectivity index (χ4n) is 3.77. The second-order valence-corrected chi connectivity index (χ2v) is 7.76. The molecule has 0 aliphatic carbocycles. The Bertz CT molecular complexity index is 948. The Morgan fingerprint density at radius 3 is 2.61 bits per heavy atom. The van der Waals surface area contributed by atoms with Crippen LogP contribution in [0.1, 0.15) is 18.4 Å². The number of hydrogen-bond donors (Lipinski definition) is 1. The van der Waals surface area contributed by atoms with E-state index in [1.54, 1.807) is 24.0 Å². The van der Waals surface area contributed by atoms with Gasteiger partial charge in [0, 0.05) is 13.6 Å². The molecule has 168 valence electrons. The van der Waals surface area contributed by atoms with Crippen LogP contribution in [0.5, 0.6) is 5.75 Å². The molecule has 2 amide bonds. The van der Waals surface area contributed by atoms with Gasteiger partial charge in [0.05, 0.1) is 19.7 Å². The number of amides is 2.